The number of nitrogens with one attached hydrogen (secondary N) is 1. The number of ether oxygens (including phenoxy) is 1. The number of nitrogens with zero attached hydrogens (tertiary/aromatic N) is 2. The molecular formula is C16H16ClN3O4. The van der Waals surface area contributed by atoms with Gasteiger partial charge in [-0.25, -0.2) is 9.69 Å². The number of carbonyl (C=O) groups excluding carboxylic acids is 3. The van der Waals surface area contributed by atoms with Crippen molar-refractivity contribution in [3.63, 3.8) is 0 Å². The number of amides is 2. The van der Waals surface area contributed by atoms with Gasteiger partial charge in [-0.15, -0.1) is 0 Å². The van der Waals surface area contributed by atoms with Gasteiger partial charge in [0.25, 0.3) is 5.91 Å². The van der Waals surface area contributed by atoms with Crippen LogP contribution >= 0.6 is 11.6 Å². The molecule has 0 bridgehead atoms. The molecule has 1 N–H and O–H groups in total. The van der Waals surface area contributed by atoms with Crippen LogP contribution in [0, 0.1) is 6.92 Å². The van der Waals surface area contributed by atoms with E-state index in [-0.39, 0.29) is 31.1 Å². The molecule has 1 fully saturated rings. The summed E-state index contributed by atoms with van der Waals surface area (Å²) in [5.74, 6) is -1.40. The minimum Gasteiger partial charge on any atom is -0.461 e. The molecule has 0 saturated carbocycles. The van der Waals surface area contributed by atoms with E-state index >= 15 is 0 Å². The van der Waals surface area contributed by atoms with E-state index < -0.39 is 17.4 Å². The molecule has 0 radical (unpaired) electrons. The van der Waals surface area contributed by atoms with Crippen molar-refractivity contribution in [2.45, 2.75) is 32.2 Å². The number of hydrogen-bond acceptors (Lipinski definition) is 6. The maximum absolute atomic E-state index is 12.8. The van der Waals surface area contributed by atoms with Gasteiger partial charge in [0.2, 0.25) is 5.91 Å². The first-order valence-electron chi connectivity index (χ1n) is 7.52. The summed E-state index contributed by atoms with van der Waals surface area (Å²) in [6.45, 7) is 3.73. The molecular weight excluding hydrogens is 334 g/mol. The summed E-state index contributed by atoms with van der Waals surface area (Å²) in [5.41, 5.74) is 2.81. The second-order valence-corrected chi connectivity index (χ2v) is 6.20. The monoisotopic (exact) mass is 349 g/mol. The van der Waals surface area contributed by atoms with Crippen LogP contribution in [0.2, 0.25) is 5.02 Å². The van der Waals surface area contributed by atoms with Gasteiger partial charge in [0.15, 0.2) is 0 Å². The lowest BCUT2D eigenvalue weighted by Crippen LogP contribution is -2.47. The second kappa shape index (κ2) is 5.90. The molecule has 0 aliphatic carbocycles. The molecule has 1 aromatic carbocycles. The van der Waals surface area contributed by atoms with Gasteiger partial charge in [0, 0.05) is 11.4 Å². The normalized spacial score (nSPS) is 22.8. The molecule has 0 unspecified atom stereocenters. The van der Waals surface area contributed by atoms with Crippen molar-refractivity contribution < 1.29 is 19.1 Å². The van der Waals surface area contributed by atoms with Crippen molar-refractivity contribution in [2.75, 3.05) is 11.5 Å². The highest BCUT2D eigenvalue weighted by molar-refractivity contribution is 6.39. The van der Waals surface area contributed by atoms with Gasteiger partial charge >= 0.3 is 5.97 Å². The van der Waals surface area contributed by atoms with Crippen LogP contribution in [0.15, 0.2) is 23.3 Å². The van der Waals surface area contributed by atoms with E-state index in [0.29, 0.717) is 10.7 Å². The highest BCUT2D eigenvalue weighted by Crippen LogP contribution is 2.35. The molecule has 2 heterocycles. The molecule has 2 amide bonds. The number of hydrogen-bond donors (Lipinski definition) is 1. The van der Waals surface area contributed by atoms with Crippen molar-refractivity contribution in [2.24, 2.45) is 5.10 Å². The molecule has 24 heavy (non-hydrogen) atoms. The minimum atomic E-state index is -1.23. The molecule has 0 aromatic heterocycles. The predicted molar refractivity (Wildman–Crippen MR) is 87.9 cm³/mol. The topological polar surface area (TPSA) is 88.1 Å². The lowest BCUT2D eigenvalue weighted by atomic mass is 9.93. The highest BCUT2D eigenvalue weighted by atomic mass is 35.5. The third-order valence-electron chi connectivity index (χ3n) is 4.11. The summed E-state index contributed by atoms with van der Waals surface area (Å²) >= 11 is 6.09. The Morgan fingerprint density at radius 2 is 2.17 bits per heavy atom. The van der Waals surface area contributed by atoms with Crippen molar-refractivity contribution in [3.8, 4) is 0 Å². The lowest BCUT2D eigenvalue weighted by Gasteiger charge is -2.21. The van der Waals surface area contributed by atoms with Gasteiger partial charge in [-0.1, -0.05) is 17.7 Å². The summed E-state index contributed by atoms with van der Waals surface area (Å²) in [7, 11) is 0. The summed E-state index contributed by atoms with van der Waals surface area (Å²) < 4.78 is 4.89. The Balaban J connectivity index is 1.85. The maximum Gasteiger partial charge on any atom is 0.354 e. The molecule has 1 saturated heterocycles. The van der Waals surface area contributed by atoms with E-state index in [9.17, 15) is 14.4 Å². The third-order valence-corrected chi connectivity index (χ3v) is 4.52. The Morgan fingerprint density at radius 3 is 2.83 bits per heavy atom. The molecule has 2 aliphatic heterocycles. The molecule has 3 rings (SSSR count). The van der Waals surface area contributed by atoms with Crippen LogP contribution in [0.3, 0.4) is 0 Å². The Kier molecular flexibility index (Phi) is 4.04. The number of hydrazone groups is 1. The summed E-state index contributed by atoms with van der Waals surface area (Å²) in [4.78, 5) is 38.1. The fraction of sp³-hybridized carbons (Fsp3) is 0.375. The average molecular weight is 350 g/mol. The van der Waals surface area contributed by atoms with Crippen molar-refractivity contribution >= 4 is 40.8 Å². The largest absolute Gasteiger partial charge is 0.461 e. The Labute approximate surface area is 143 Å². The Hall–Kier alpha value is -2.41. The number of benzene rings is 1. The third kappa shape index (κ3) is 2.54. The van der Waals surface area contributed by atoms with Crippen molar-refractivity contribution in [1.82, 2.24) is 5.43 Å². The second-order valence-electron chi connectivity index (χ2n) is 5.79. The zero-order valence-corrected chi connectivity index (χ0v) is 14.0. The predicted octanol–water partition coefficient (Wildman–Crippen LogP) is 1.56. The SMILES string of the molecule is CCOC(=O)C1=NN[C@]2(CC(=O)N(c3ccc(C)c(Cl)c3)C2=O)C1. The zero-order valence-electron chi connectivity index (χ0n) is 13.3. The summed E-state index contributed by atoms with van der Waals surface area (Å²) in [6.07, 6.45) is -0.0593. The van der Waals surface area contributed by atoms with Gasteiger partial charge in [-0.3, -0.25) is 15.0 Å². The average Bonchev–Trinajstić information content (AvgIpc) is 3.06. The van der Waals surface area contributed by atoms with Gasteiger partial charge in [0.05, 0.1) is 18.7 Å². The summed E-state index contributed by atoms with van der Waals surface area (Å²) in [5, 5.41) is 4.37. The first-order valence-corrected chi connectivity index (χ1v) is 7.90. The Morgan fingerprint density at radius 1 is 1.42 bits per heavy atom. The van der Waals surface area contributed by atoms with Crippen LogP contribution in [-0.4, -0.2) is 35.6 Å². The zero-order chi connectivity index (χ0) is 17.5. The van der Waals surface area contributed by atoms with Gasteiger partial charge in [0.1, 0.15) is 11.3 Å². The number of esters is 1. The molecule has 2 aliphatic rings. The quantitative estimate of drug-likeness (QED) is 0.661. The van der Waals surface area contributed by atoms with Crippen molar-refractivity contribution in [3.05, 3.63) is 28.8 Å². The number of anilines is 1. The van der Waals surface area contributed by atoms with Crippen LogP contribution in [-0.2, 0) is 19.1 Å². The number of imide groups is 1. The van der Waals surface area contributed by atoms with Crippen LogP contribution in [0.5, 0.6) is 0 Å². The van der Waals surface area contributed by atoms with Crippen LogP contribution < -0.4 is 10.3 Å². The molecule has 126 valence electrons. The summed E-state index contributed by atoms with van der Waals surface area (Å²) in [6, 6.07) is 4.98. The fourth-order valence-corrected chi connectivity index (χ4v) is 2.99. The van der Waals surface area contributed by atoms with Crippen molar-refractivity contribution in [1.29, 1.82) is 0 Å². The number of carbonyl (C=O) groups is 3. The lowest BCUT2D eigenvalue weighted by molar-refractivity contribution is -0.135. The molecule has 1 aromatic rings. The van der Waals surface area contributed by atoms with Crippen LogP contribution in [0.4, 0.5) is 5.69 Å². The van der Waals surface area contributed by atoms with E-state index in [4.69, 9.17) is 16.3 Å². The standard InChI is InChI=1S/C16H16ClN3O4/c1-3-24-14(22)12-7-16(19-18-12)8-13(21)20(15(16)23)10-5-4-9(2)11(17)6-10/h4-6,19H,3,7-8H2,1-2H3/t16-/m0/s1. The number of halogens is 1. The van der Waals surface area contributed by atoms with E-state index in [1.807, 2.05) is 6.92 Å². The van der Waals surface area contributed by atoms with Gasteiger partial charge < -0.3 is 4.74 Å². The first-order chi connectivity index (χ1) is 11.4. The number of aryl methyl sites for hydroxylation is 1. The fourth-order valence-electron chi connectivity index (χ4n) is 2.82. The van der Waals surface area contributed by atoms with E-state index in [1.165, 1.54) is 0 Å². The van der Waals surface area contributed by atoms with E-state index in [1.54, 1.807) is 25.1 Å². The molecule has 1 spiro atoms. The molecule has 8 heteroatoms. The highest BCUT2D eigenvalue weighted by Gasteiger charge is 2.56. The van der Waals surface area contributed by atoms with Crippen LogP contribution in [0.25, 0.3) is 0 Å². The Bertz CT molecular complexity index is 777. The van der Waals surface area contributed by atoms with Gasteiger partial charge in [-0.05, 0) is 31.5 Å². The minimum absolute atomic E-state index is 0.0203. The molecule has 1 atom stereocenters. The van der Waals surface area contributed by atoms with E-state index in [0.717, 1.165) is 10.5 Å². The number of rotatable bonds is 3. The van der Waals surface area contributed by atoms with E-state index in [2.05, 4.69) is 10.5 Å². The molecule has 7 nitrogen and oxygen atoms in total. The first kappa shape index (κ1) is 16.4. The maximum atomic E-state index is 12.8. The van der Waals surface area contributed by atoms with Gasteiger partial charge in [-0.2, -0.15) is 5.10 Å². The van der Waals surface area contributed by atoms with Crippen LogP contribution in [0.1, 0.15) is 25.3 Å². The smallest absolute Gasteiger partial charge is 0.354 e.